The van der Waals surface area contributed by atoms with Gasteiger partial charge in [0.15, 0.2) is 0 Å². The normalized spacial score (nSPS) is 7.02. The summed E-state index contributed by atoms with van der Waals surface area (Å²) in [5, 5.41) is 0. The molecule has 0 saturated carbocycles. The van der Waals surface area contributed by atoms with E-state index in [1.807, 2.05) is 219 Å². The molecule has 0 aliphatic rings. The average Bonchev–Trinajstić information content (AvgIpc) is 3.23. The minimum atomic E-state index is 1.25. The van der Waals surface area contributed by atoms with Crippen LogP contribution in [0.4, 0.5) is 0 Å². The Labute approximate surface area is 290 Å². The summed E-state index contributed by atoms with van der Waals surface area (Å²) in [4.78, 5) is 11.4. The summed E-state index contributed by atoms with van der Waals surface area (Å²) in [6, 6.07) is 53.1. The van der Waals surface area contributed by atoms with E-state index in [4.69, 9.17) is 0 Å². The number of rotatable bonds is 0. The molecule has 47 heavy (non-hydrogen) atoms. The standard InChI is InChI=1S/3C6H6.3C5H5N.C3H8.4C2H6/c6*1-2-4-6-5-3-1;1-3-2;4*1-2/h3*1-6H;3*1-5H;3H2,1-2H3;4*1-2H3. The van der Waals surface area contributed by atoms with Crippen molar-refractivity contribution in [1.29, 1.82) is 0 Å². The topological polar surface area (TPSA) is 38.7 Å². The molecule has 0 aliphatic carbocycles. The molecule has 0 fully saturated rings. The van der Waals surface area contributed by atoms with Gasteiger partial charge in [0.25, 0.3) is 0 Å². The van der Waals surface area contributed by atoms with Crippen LogP contribution in [-0.2, 0) is 0 Å². The monoisotopic (exact) mass is 636 g/mol. The Hall–Kier alpha value is -4.89. The average molecular weight is 636 g/mol. The maximum absolute atomic E-state index is 3.78. The van der Waals surface area contributed by atoms with Crippen molar-refractivity contribution in [1.82, 2.24) is 15.0 Å². The van der Waals surface area contributed by atoms with Crippen LogP contribution in [0.3, 0.4) is 0 Å². The van der Waals surface area contributed by atoms with Gasteiger partial charge in [-0.3, -0.25) is 15.0 Å². The van der Waals surface area contributed by atoms with E-state index in [9.17, 15) is 0 Å². The Morgan fingerprint density at radius 2 is 0.298 bits per heavy atom. The molecule has 3 aromatic carbocycles. The van der Waals surface area contributed by atoms with Gasteiger partial charge in [-0.1, -0.05) is 203 Å². The molecule has 3 nitrogen and oxygen atoms in total. The number of hydrogen-bond acceptors (Lipinski definition) is 3. The van der Waals surface area contributed by atoms with Crippen LogP contribution in [0.2, 0.25) is 0 Å². The quantitative estimate of drug-likeness (QED) is 0.167. The highest BCUT2D eigenvalue weighted by Gasteiger charge is 1.61. The van der Waals surface area contributed by atoms with E-state index in [2.05, 4.69) is 28.8 Å². The van der Waals surface area contributed by atoms with Crippen molar-refractivity contribution in [3.8, 4) is 0 Å². The fourth-order valence-electron chi connectivity index (χ4n) is 2.09. The van der Waals surface area contributed by atoms with E-state index in [0.29, 0.717) is 0 Å². The molecule has 3 aromatic heterocycles. The molecule has 3 heterocycles. The summed E-state index contributed by atoms with van der Waals surface area (Å²) in [5.74, 6) is 0. The highest BCUT2D eigenvalue weighted by atomic mass is 14.6. The predicted molar refractivity (Wildman–Crippen MR) is 213 cm³/mol. The maximum Gasteiger partial charge on any atom is 0.0267 e. The van der Waals surface area contributed by atoms with Crippen LogP contribution in [0.25, 0.3) is 0 Å². The molecule has 0 amide bonds. The van der Waals surface area contributed by atoms with Crippen molar-refractivity contribution in [2.45, 2.75) is 75.7 Å². The second kappa shape index (κ2) is 64.1. The summed E-state index contributed by atoms with van der Waals surface area (Å²) in [5.41, 5.74) is 0. The molecule has 0 N–H and O–H groups in total. The molecule has 256 valence electrons. The van der Waals surface area contributed by atoms with Crippen LogP contribution >= 0.6 is 0 Å². The van der Waals surface area contributed by atoms with Crippen LogP contribution in [0.5, 0.6) is 0 Å². The van der Waals surface area contributed by atoms with Crippen LogP contribution in [0.15, 0.2) is 201 Å². The zero-order chi connectivity index (χ0) is 36.2. The van der Waals surface area contributed by atoms with Gasteiger partial charge in [0.05, 0.1) is 0 Å². The SMILES string of the molecule is CC.CC.CC.CC.CCC.c1ccccc1.c1ccccc1.c1ccccc1.c1ccncc1.c1ccncc1.c1ccncc1. The third-order valence-electron chi connectivity index (χ3n) is 3.70. The number of benzene rings is 3. The lowest BCUT2D eigenvalue weighted by molar-refractivity contribution is 1.09. The van der Waals surface area contributed by atoms with Gasteiger partial charge in [-0.25, -0.2) is 0 Å². The first kappa shape index (κ1) is 51.7. The largest absolute Gasteiger partial charge is 0.265 e. The molecular weight excluding hydrogens is 571 g/mol. The molecule has 3 heteroatoms. The number of hydrogen-bond donors (Lipinski definition) is 0. The van der Waals surface area contributed by atoms with Gasteiger partial charge >= 0.3 is 0 Å². The minimum absolute atomic E-state index is 1.25. The molecule has 0 aliphatic heterocycles. The summed E-state index contributed by atoms with van der Waals surface area (Å²) in [7, 11) is 0. The van der Waals surface area contributed by atoms with Gasteiger partial charge in [0.2, 0.25) is 0 Å². The number of aromatic nitrogens is 3. The number of pyridine rings is 3. The van der Waals surface area contributed by atoms with E-state index in [1.165, 1.54) is 6.42 Å². The molecule has 0 spiro atoms. The minimum Gasteiger partial charge on any atom is -0.265 e. The summed E-state index contributed by atoms with van der Waals surface area (Å²) in [6.07, 6.45) is 11.8. The van der Waals surface area contributed by atoms with Crippen LogP contribution in [0.1, 0.15) is 75.7 Å². The Morgan fingerprint density at radius 3 is 0.340 bits per heavy atom. The Balaban J connectivity index is -0.000000142. The predicted octanol–water partition coefficient (Wildman–Crippen LogP) is 13.8. The van der Waals surface area contributed by atoms with Gasteiger partial charge in [0.1, 0.15) is 0 Å². The van der Waals surface area contributed by atoms with Crippen LogP contribution < -0.4 is 0 Å². The van der Waals surface area contributed by atoms with Crippen molar-refractivity contribution < 1.29 is 0 Å². The smallest absolute Gasteiger partial charge is 0.0267 e. The fraction of sp³-hybridized carbons (Fsp3) is 0.250. The molecule has 0 bridgehead atoms. The van der Waals surface area contributed by atoms with Gasteiger partial charge < -0.3 is 0 Å². The third-order valence-corrected chi connectivity index (χ3v) is 3.70. The highest BCUT2D eigenvalue weighted by molar-refractivity contribution is 5.00. The lowest BCUT2D eigenvalue weighted by Crippen LogP contribution is -1.58. The van der Waals surface area contributed by atoms with Crippen molar-refractivity contribution in [3.63, 3.8) is 0 Å². The van der Waals surface area contributed by atoms with Gasteiger partial charge in [-0.05, 0) is 36.4 Å². The van der Waals surface area contributed by atoms with E-state index in [1.54, 1.807) is 37.2 Å². The summed E-state index contributed by atoms with van der Waals surface area (Å²) in [6.45, 7) is 20.2. The van der Waals surface area contributed by atoms with Gasteiger partial charge in [0, 0.05) is 37.2 Å². The van der Waals surface area contributed by atoms with E-state index in [-0.39, 0.29) is 0 Å². The third kappa shape index (κ3) is 65.0. The maximum atomic E-state index is 3.78. The lowest BCUT2D eigenvalue weighted by Gasteiger charge is -1.70. The fourth-order valence-corrected chi connectivity index (χ4v) is 2.09. The molecular formula is C44H65N3. The highest BCUT2D eigenvalue weighted by Crippen LogP contribution is 1.81. The zero-order valence-corrected chi connectivity index (χ0v) is 31.1. The summed E-state index contributed by atoms with van der Waals surface area (Å²) >= 11 is 0. The van der Waals surface area contributed by atoms with Gasteiger partial charge in [-0.2, -0.15) is 0 Å². The van der Waals surface area contributed by atoms with Gasteiger partial charge in [-0.15, -0.1) is 0 Å². The molecule has 0 unspecified atom stereocenters. The second-order valence-electron chi connectivity index (χ2n) is 7.24. The first-order valence-corrected chi connectivity index (χ1v) is 17.0. The van der Waals surface area contributed by atoms with E-state index in [0.717, 1.165) is 0 Å². The molecule has 6 rings (SSSR count). The molecule has 0 saturated heterocycles. The van der Waals surface area contributed by atoms with Crippen LogP contribution in [-0.4, -0.2) is 15.0 Å². The van der Waals surface area contributed by atoms with Crippen molar-refractivity contribution >= 4 is 0 Å². The number of nitrogens with zero attached hydrogens (tertiary/aromatic N) is 3. The van der Waals surface area contributed by atoms with Crippen molar-refractivity contribution in [2.75, 3.05) is 0 Å². The van der Waals surface area contributed by atoms with E-state index < -0.39 is 0 Å². The lowest BCUT2D eigenvalue weighted by atomic mass is 10.4. The molecule has 0 radical (unpaired) electrons. The first-order valence-electron chi connectivity index (χ1n) is 17.0. The van der Waals surface area contributed by atoms with E-state index >= 15 is 0 Å². The second-order valence-corrected chi connectivity index (χ2v) is 7.24. The Bertz CT molecular complexity index is 708. The molecule has 0 atom stereocenters. The Kier molecular flexibility index (Phi) is 70.5. The zero-order valence-electron chi connectivity index (χ0n) is 31.1. The van der Waals surface area contributed by atoms with Crippen LogP contribution in [0, 0.1) is 0 Å². The Morgan fingerprint density at radius 1 is 0.213 bits per heavy atom. The van der Waals surface area contributed by atoms with Crippen molar-refractivity contribution in [3.05, 3.63) is 201 Å². The van der Waals surface area contributed by atoms with Crippen molar-refractivity contribution in [2.24, 2.45) is 0 Å². The molecule has 6 aromatic rings. The first-order chi connectivity index (χ1) is 23.4. The summed E-state index contributed by atoms with van der Waals surface area (Å²) < 4.78 is 0.